The van der Waals surface area contributed by atoms with Crippen LogP contribution in [0.4, 0.5) is 17.1 Å². The zero-order valence-electron chi connectivity index (χ0n) is 28.7. The molecule has 4 atom stereocenters. The molecule has 3 heterocycles. The molecule has 0 saturated carbocycles. The number of aliphatic hydroxyl groups excluding tert-OH is 1. The third kappa shape index (κ3) is 5.83. The molecule has 3 aromatic rings. The SMILES string of the molecule is CC(C)=CCC/C(C)=C/CN1C(=O)[C@@]2(O[C@@H](CCO)[C@H]([Si](C)(C)O)[C@H]2C)c2cc(N3C(=O)c4ccccc4Oc4ccccc43)ccc21. The van der Waals surface area contributed by atoms with Gasteiger partial charge >= 0.3 is 0 Å². The fourth-order valence-electron chi connectivity index (χ4n) is 7.79. The van der Waals surface area contributed by atoms with Gasteiger partial charge in [-0.15, -0.1) is 0 Å². The molecule has 3 aromatic carbocycles. The largest absolute Gasteiger partial charge is 0.454 e. The average molecular weight is 667 g/mol. The lowest BCUT2D eigenvalue weighted by Gasteiger charge is -2.32. The highest BCUT2D eigenvalue weighted by Gasteiger charge is 2.66. The van der Waals surface area contributed by atoms with E-state index in [4.69, 9.17) is 9.47 Å². The van der Waals surface area contributed by atoms with Crippen molar-refractivity contribution in [2.45, 2.75) is 77.3 Å². The normalized spacial score (nSPS) is 23.5. The van der Waals surface area contributed by atoms with E-state index in [1.54, 1.807) is 21.9 Å². The van der Waals surface area contributed by atoms with Gasteiger partial charge in [0.25, 0.3) is 11.8 Å². The molecule has 1 fully saturated rings. The van der Waals surface area contributed by atoms with Gasteiger partial charge in [-0.25, -0.2) is 0 Å². The number of aliphatic hydroxyl groups is 1. The van der Waals surface area contributed by atoms with Crippen molar-refractivity contribution in [3.05, 3.63) is 101 Å². The van der Waals surface area contributed by atoms with Crippen LogP contribution in [0, 0.1) is 5.92 Å². The van der Waals surface area contributed by atoms with Gasteiger partial charge in [-0.1, -0.05) is 54.5 Å². The number of para-hydroxylation sites is 3. The van der Waals surface area contributed by atoms with Gasteiger partial charge in [-0.2, -0.15) is 0 Å². The molecule has 252 valence electrons. The Morgan fingerprint density at radius 1 is 0.958 bits per heavy atom. The Balaban J connectivity index is 1.49. The van der Waals surface area contributed by atoms with Gasteiger partial charge in [-0.05, 0) is 95.6 Å². The van der Waals surface area contributed by atoms with Crippen molar-refractivity contribution in [1.82, 2.24) is 0 Å². The fraction of sp³-hybridized carbons (Fsp3) is 0.385. The number of amides is 2. The molecular formula is C39H46N2O6Si. The quantitative estimate of drug-likeness (QED) is 0.177. The predicted molar refractivity (Wildman–Crippen MR) is 192 cm³/mol. The minimum atomic E-state index is -2.87. The summed E-state index contributed by atoms with van der Waals surface area (Å²) in [5.74, 6) is 0.197. The second-order valence-corrected chi connectivity index (χ2v) is 18.0. The van der Waals surface area contributed by atoms with Gasteiger partial charge < -0.3 is 24.3 Å². The van der Waals surface area contributed by atoms with Crippen molar-refractivity contribution >= 4 is 37.2 Å². The van der Waals surface area contributed by atoms with Crippen molar-refractivity contribution in [3.8, 4) is 11.5 Å². The van der Waals surface area contributed by atoms with Crippen LogP contribution in [-0.4, -0.2) is 49.3 Å². The highest BCUT2D eigenvalue weighted by atomic mass is 28.4. The van der Waals surface area contributed by atoms with E-state index in [1.165, 1.54) is 11.1 Å². The van der Waals surface area contributed by atoms with Gasteiger partial charge in [0.1, 0.15) is 5.75 Å². The fourth-order valence-corrected chi connectivity index (χ4v) is 10.4. The maximum Gasteiger partial charge on any atom is 0.266 e. The summed E-state index contributed by atoms with van der Waals surface area (Å²) < 4.78 is 13.1. The molecule has 8 nitrogen and oxygen atoms in total. The molecule has 1 saturated heterocycles. The first kappa shape index (κ1) is 33.9. The van der Waals surface area contributed by atoms with Crippen LogP contribution < -0.4 is 14.5 Å². The molecule has 1 spiro atoms. The molecule has 2 amide bonds. The topological polar surface area (TPSA) is 99.5 Å². The summed E-state index contributed by atoms with van der Waals surface area (Å²) in [6.45, 7) is 12.2. The molecule has 48 heavy (non-hydrogen) atoms. The number of rotatable bonds is 9. The third-order valence-electron chi connectivity index (χ3n) is 10.00. The molecule has 3 aliphatic rings. The maximum absolute atomic E-state index is 14.8. The molecule has 0 unspecified atom stereocenters. The van der Waals surface area contributed by atoms with E-state index in [9.17, 15) is 19.5 Å². The van der Waals surface area contributed by atoms with Crippen molar-refractivity contribution in [3.63, 3.8) is 0 Å². The lowest BCUT2D eigenvalue weighted by Crippen LogP contribution is -2.46. The van der Waals surface area contributed by atoms with E-state index in [0.29, 0.717) is 47.0 Å². The minimum absolute atomic E-state index is 0.120. The van der Waals surface area contributed by atoms with Crippen LogP contribution in [0.15, 0.2) is 90.0 Å². The molecule has 6 rings (SSSR count). The second kappa shape index (κ2) is 13.1. The molecule has 0 aliphatic carbocycles. The van der Waals surface area contributed by atoms with E-state index in [2.05, 4.69) is 32.9 Å². The number of allylic oxidation sites excluding steroid dienone is 3. The molecular weight excluding hydrogens is 621 g/mol. The lowest BCUT2D eigenvalue weighted by atomic mass is 9.82. The van der Waals surface area contributed by atoms with Crippen molar-refractivity contribution in [2.75, 3.05) is 23.0 Å². The summed E-state index contributed by atoms with van der Waals surface area (Å²) in [4.78, 5) is 44.1. The standard InChI is InChI=1S/C39H46N2O6Si/c1-25(2)12-11-13-26(3)20-22-40-31-19-18-28(41-32-15-8-10-17-34(32)46-33-16-9-7-14-29(33)37(41)43)24-30(31)39(38(40)44)27(4)36(48(5,6)45)35(47-39)21-23-42/h7-10,12,14-20,24,27,35-36,42,45H,11,13,21-23H2,1-6H3/b26-20+/t27-,35+,36-,39+/m1/s1. The smallest absolute Gasteiger partial charge is 0.266 e. The summed E-state index contributed by atoms with van der Waals surface area (Å²) >= 11 is 0. The van der Waals surface area contributed by atoms with Gasteiger partial charge in [0, 0.05) is 35.9 Å². The van der Waals surface area contributed by atoms with E-state index < -0.39 is 20.0 Å². The number of hydrogen-bond donors (Lipinski definition) is 2. The van der Waals surface area contributed by atoms with Crippen LogP contribution >= 0.6 is 0 Å². The lowest BCUT2D eigenvalue weighted by molar-refractivity contribution is -0.146. The molecule has 0 aromatic heterocycles. The number of nitrogens with zero attached hydrogens (tertiary/aromatic N) is 2. The second-order valence-electron chi connectivity index (χ2n) is 14.1. The summed E-state index contributed by atoms with van der Waals surface area (Å²) in [6, 6.07) is 20.3. The van der Waals surface area contributed by atoms with E-state index in [-0.39, 0.29) is 29.9 Å². The number of hydrogen-bond acceptors (Lipinski definition) is 6. The van der Waals surface area contributed by atoms with Crippen molar-refractivity contribution in [1.29, 1.82) is 0 Å². The van der Waals surface area contributed by atoms with Crippen LogP contribution in [-0.2, 0) is 15.1 Å². The molecule has 3 aliphatic heterocycles. The van der Waals surface area contributed by atoms with Gasteiger partial charge in [-0.3, -0.25) is 14.5 Å². The predicted octanol–water partition coefficient (Wildman–Crippen LogP) is 7.99. The number of fused-ring (bicyclic) bond motifs is 4. The molecule has 2 N–H and O–H groups in total. The Kier molecular flexibility index (Phi) is 9.25. The first-order valence-corrected chi connectivity index (χ1v) is 19.9. The average Bonchev–Trinajstić information content (AvgIpc) is 3.41. The van der Waals surface area contributed by atoms with E-state index in [1.807, 2.05) is 74.6 Å². The number of carbonyl (C=O) groups is 2. The van der Waals surface area contributed by atoms with Gasteiger partial charge in [0.05, 0.1) is 23.0 Å². The summed E-state index contributed by atoms with van der Waals surface area (Å²) in [7, 11) is -2.87. The van der Waals surface area contributed by atoms with Crippen LogP contribution in [0.25, 0.3) is 0 Å². The highest BCUT2D eigenvalue weighted by molar-refractivity contribution is 6.71. The number of carbonyl (C=O) groups excluding carboxylic acids is 2. The monoisotopic (exact) mass is 666 g/mol. The van der Waals surface area contributed by atoms with E-state index in [0.717, 1.165) is 18.5 Å². The van der Waals surface area contributed by atoms with Crippen LogP contribution in [0.1, 0.15) is 62.9 Å². The Morgan fingerprint density at radius 2 is 1.67 bits per heavy atom. The first-order chi connectivity index (χ1) is 22.9. The number of anilines is 3. The van der Waals surface area contributed by atoms with E-state index >= 15 is 0 Å². The van der Waals surface area contributed by atoms with Crippen LogP contribution in [0.2, 0.25) is 18.6 Å². The first-order valence-electron chi connectivity index (χ1n) is 16.9. The molecule has 0 bridgehead atoms. The minimum Gasteiger partial charge on any atom is -0.454 e. The summed E-state index contributed by atoms with van der Waals surface area (Å²) in [5.41, 5.74) is 3.75. The zero-order valence-corrected chi connectivity index (χ0v) is 29.7. The molecule has 0 radical (unpaired) electrons. The third-order valence-corrected chi connectivity index (χ3v) is 12.5. The summed E-state index contributed by atoms with van der Waals surface area (Å²) in [5, 5.41) is 10.0. The van der Waals surface area contributed by atoms with Gasteiger partial charge in [0.15, 0.2) is 19.7 Å². The van der Waals surface area contributed by atoms with Crippen molar-refractivity contribution < 1.29 is 29.0 Å². The van der Waals surface area contributed by atoms with Crippen molar-refractivity contribution in [2.24, 2.45) is 5.92 Å². The maximum atomic E-state index is 14.8. The number of benzene rings is 3. The van der Waals surface area contributed by atoms with Crippen LogP contribution in [0.3, 0.4) is 0 Å². The Morgan fingerprint density at radius 3 is 2.38 bits per heavy atom. The molecule has 9 heteroatoms. The summed E-state index contributed by atoms with van der Waals surface area (Å²) in [6.07, 6.45) is 5.95. The van der Waals surface area contributed by atoms with Crippen LogP contribution in [0.5, 0.6) is 11.5 Å². The zero-order chi connectivity index (χ0) is 34.4. The highest BCUT2D eigenvalue weighted by Crippen LogP contribution is 2.60. The Bertz CT molecular complexity index is 1790. The Labute approximate surface area is 284 Å². The van der Waals surface area contributed by atoms with Gasteiger partial charge in [0.2, 0.25) is 0 Å². The number of ether oxygens (including phenoxy) is 2. The Hall–Kier alpha value is -4.02.